The molecular weight excluding hydrogens is 328 g/mol. The molecule has 1 unspecified atom stereocenters. The van der Waals surface area contributed by atoms with E-state index in [2.05, 4.69) is 49.0 Å². The molecule has 2 rings (SSSR count). The summed E-state index contributed by atoms with van der Waals surface area (Å²) in [5.74, 6) is 0. The summed E-state index contributed by atoms with van der Waals surface area (Å²) >= 11 is 3.67. The molecule has 0 aromatic carbocycles. The topological polar surface area (TPSA) is 42.7 Å². The van der Waals surface area contributed by atoms with E-state index in [1.165, 1.54) is 5.69 Å². The van der Waals surface area contributed by atoms with E-state index in [0.29, 0.717) is 6.04 Å². The third-order valence-corrected chi connectivity index (χ3v) is 4.81. The highest BCUT2D eigenvalue weighted by molar-refractivity contribution is 9.10. The van der Waals surface area contributed by atoms with E-state index in [9.17, 15) is 0 Å². The molecule has 0 spiro atoms. The lowest BCUT2D eigenvalue weighted by molar-refractivity contribution is 0.491. The largest absolute Gasteiger partial charge is 0.317 e. The Bertz CT molecular complexity index is 565. The van der Waals surface area contributed by atoms with Gasteiger partial charge in [-0.15, -0.1) is 0 Å². The molecule has 0 saturated carbocycles. The normalized spacial score (nSPS) is 12.6. The van der Waals surface area contributed by atoms with Crippen LogP contribution in [0.1, 0.15) is 30.4 Å². The molecular formula is C16H23BrN4. The Labute approximate surface area is 135 Å². The predicted molar refractivity (Wildman–Crippen MR) is 89.4 cm³/mol. The van der Waals surface area contributed by atoms with Crippen molar-refractivity contribution in [2.45, 2.75) is 45.7 Å². The second-order valence-corrected chi connectivity index (χ2v) is 6.00. The number of nitrogens with zero attached hydrogens (tertiary/aromatic N) is 3. The van der Waals surface area contributed by atoms with Crippen LogP contribution < -0.4 is 5.32 Å². The third-order valence-electron chi connectivity index (χ3n) is 3.78. The van der Waals surface area contributed by atoms with Gasteiger partial charge in [0.15, 0.2) is 0 Å². The van der Waals surface area contributed by atoms with Crippen molar-refractivity contribution in [3.63, 3.8) is 0 Å². The highest BCUT2D eigenvalue weighted by Crippen LogP contribution is 2.23. The van der Waals surface area contributed by atoms with Crippen molar-refractivity contribution in [2.75, 3.05) is 7.05 Å². The first-order valence-corrected chi connectivity index (χ1v) is 8.24. The molecule has 1 N–H and O–H groups in total. The van der Waals surface area contributed by atoms with Gasteiger partial charge in [0, 0.05) is 30.9 Å². The summed E-state index contributed by atoms with van der Waals surface area (Å²) in [4.78, 5) is 4.39. The second-order valence-electron chi connectivity index (χ2n) is 5.21. The van der Waals surface area contributed by atoms with E-state index in [-0.39, 0.29) is 0 Å². The lowest BCUT2D eigenvalue weighted by atomic mass is 10.0. The number of aromatic nitrogens is 3. The maximum atomic E-state index is 4.56. The highest BCUT2D eigenvalue weighted by atomic mass is 79.9. The zero-order valence-corrected chi connectivity index (χ0v) is 14.5. The van der Waals surface area contributed by atoms with E-state index >= 15 is 0 Å². The number of pyridine rings is 1. The van der Waals surface area contributed by atoms with E-state index in [1.54, 1.807) is 0 Å². The zero-order valence-electron chi connectivity index (χ0n) is 12.9. The van der Waals surface area contributed by atoms with Gasteiger partial charge in [-0.3, -0.25) is 9.67 Å². The Morgan fingerprint density at radius 2 is 2.19 bits per heavy atom. The summed E-state index contributed by atoms with van der Waals surface area (Å²) in [7, 11) is 2.02. The predicted octanol–water partition coefficient (Wildman–Crippen LogP) is 3.13. The summed E-state index contributed by atoms with van der Waals surface area (Å²) in [5, 5.41) is 7.98. The third kappa shape index (κ3) is 4.14. The van der Waals surface area contributed by atoms with Gasteiger partial charge < -0.3 is 5.32 Å². The van der Waals surface area contributed by atoms with Crippen molar-refractivity contribution in [2.24, 2.45) is 0 Å². The van der Waals surface area contributed by atoms with Crippen LogP contribution in [0.3, 0.4) is 0 Å². The molecule has 0 fully saturated rings. The van der Waals surface area contributed by atoms with Crippen LogP contribution in [0, 0.1) is 6.92 Å². The fourth-order valence-electron chi connectivity index (χ4n) is 2.51. The van der Waals surface area contributed by atoms with E-state index in [0.717, 1.165) is 41.7 Å². The maximum Gasteiger partial charge on any atom is 0.0738 e. The fourth-order valence-corrected chi connectivity index (χ4v) is 2.96. The molecule has 0 radical (unpaired) electrons. The first-order chi connectivity index (χ1) is 10.2. The zero-order chi connectivity index (χ0) is 15.2. The summed E-state index contributed by atoms with van der Waals surface area (Å²) in [6.07, 6.45) is 4.88. The van der Waals surface area contributed by atoms with Gasteiger partial charge in [0.2, 0.25) is 0 Å². The monoisotopic (exact) mass is 350 g/mol. The van der Waals surface area contributed by atoms with Gasteiger partial charge in [0.05, 0.1) is 15.9 Å². The SMILES string of the molecule is CCn1nc(C)c(Br)c1CC(CCc1ccccn1)NC. The van der Waals surface area contributed by atoms with Gasteiger partial charge in [0.25, 0.3) is 0 Å². The number of aryl methyl sites for hydroxylation is 3. The lowest BCUT2D eigenvalue weighted by Crippen LogP contribution is -2.29. The Balaban J connectivity index is 2.02. The van der Waals surface area contributed by atoms with E-state index in [1.807, 2.05) is 32.3 Å². The Morgan fingerprint density at radius 1 is 1.38 bits per heavy atom. The van der Waals surface area contributed by atoms with Crippen molar-refractivity contribution >= 4 is 15.9 Å². The number of halogens is 1. The van der Waals surface area contributed by atoms with Crippen molar-refractivity contribution in [3.8, 4) is 0 Å². The molecule has 2 heterocycles. The molecule has 0 saturated heterocycles. The van der Waals surface area contributed by atoms with Crippen LogP contribution in [0.4, 0.5) is 0 Å². The average molecular weight is 351 g/mol. The summed E-state index contributed by atoms with van der Waals surface area (Å²) < 4.78 is 3.23. The quantitative estimate of drug-likeness (QED) is 0.833. The summed E-state index contributed by atoms with van der Waals surface area (Å²) in [6, 6.07) is 6.51. The number of rotatable bonds is 7. The minimum Gasteiger partial charge on any atom is -0.317 e. The molecule has 0 aliphatic heterocycles. The number of hydrogen-bond acceptors (Lipinski definition) is 3. The van der Waals surface area contributed by atoms with Crippen LogP contribution in [0.25, 0.3) is 0 Å². The van der Waals surface area contributed by atoms with Crippen molar-refractivity contribution in [1.29, 1.82) is 0 Å². The fraction of sp³-hybridized carbons (Fsp3) is 0.500. The average Bonchev–Trinajstić information content (AvgIpc) is 2.79. The van der Waals surface area contributed by atoms with Gasteiger partial charge >= 0.3 is 0 Å². The van der Waals surface area contributed by atoms with Gasteiger partial charge in [-0.2, -0.15) is 5.10 Å². The Kier molecular flexibility index (Phi) is 5.94. The summed E-state index contributed by atoms with van der Waals surface area (Å²) in [6.45, 7) is 5.07. The van der Waals surface area contributed by atoms with E-state index < -0.39 is 0 Å². The minimum absolute atomic E-state index is 0.421. The van der Waals surface area contributed by atoms with Crippen molar-refractivity contribution in [3.05, 3.63) is 46.0 Å². The molecule has 0 aliphatic rings. The van der Waals surface area contributed by atoms with Crippen molar-refractivity contribution in [1.82, 2.24) is 20.1 Å². The highest BCUT2D eigenvalue weighted by Gasteiger charge is 2.16. The molecule has 2 aromatic rings. The molecule has 114 valence electrons. The Morgan fingerprint density at radius 3 is 2.81 bits per heavy atom. The Hall–Kier alpha value is -1.20. The molecule has 0 amide bonds. The van der Waals surface area contributed by atoms with Gasteiger partial charge in [0.1, 0.15) is 0 Å². The van der Waals surface area contributed by atoms with Crippen LogP contribution in [0.5, 0.6) is 0 Å². The molecule has 1 atom stereocenters. The molecule has 4 nitrogen and oxygen atoms in total. The van der Waals surface area contributed by atoms with Gasteiger partial charge in [-0.05, 0) is 61.8 Å². The summed E-state index contributed by atoms with van der Waals surface area (Å²) in [5.41, 5.74) is 3.48. The molecule has 21 heavy (non-hydrogen) atoms. The standard InChI is InChI=1S/C16H23BrN4/c1-4-21-15(16(17)12(2)20-21)11-14(18-3)9-8-13-7-5-6-10-19-13/h5-7,10,14,18H,4,8-9,11H2,1-3H3. The molecule has 0 bridgehead atoms. The van der Waals surface area contributed by atoms with Crippen LogP contribution in [-0.4, -0.2) is 27.9 Å². The van der Waals surface area contributed by atoms with Crippen LogP contribution in [-0.2, 0) is 19.4 Å². The van der Waals surface area contributed by atoms with Crippen LogP contribution >= 0.6 is 15.9 Å². The molecule has 5 heteroatoms. The van der Waals surface area contributed by atoms with E-state index in [4.69, 9.17) is 0 Å². The van der Waals surface area contributed by atoms with Crippen molar-refractivity contribution < 1.29 is 0 Å². The first kappa shape index (κ1) is 16.2. The van der Waals surface area contributed by atoms with Gasteiger partial charge in [-0.1, -0.05) is 6.07 Å². The maximum absolute atomic E-state index is 4.56. The number of hydrogen-bond donors (Lipinski definition) is 1. The smallest absolute Gasteiger partial charge is 0.0738 e. The molecule has 0 aliphatic carbocycles. The van der Waals surface area contributed by atoms with Crippen LogP contribution in [0.2, 0.25) is 0 Å². The second kappa shape index (κ2) is 7.71. The molecule has 2 aromatic heterocycles. The first-order valence-electron chi connectivity index (χ1n) is 7.44. The van der Waals surface area contributed by atoms with Gasteiger partial charge in [-0.25, -0.2) is 0 Å². The number of likely N-dealkylation sites (N-methyl/N-ethyl adjacent to an activating group) is 1. The minimum atomic E-state index is 0.421. The number of nitrogens with one attached hydrogen (secondary N) is 1. The van der Waals surface area contributed by atoms with Crippen LogP contribution in [0.15, 0.2) is 28.9 Å². The lowest BCUT2D eigenvalue weighted by Gasteiger charge is -2.17.